The lowest BCUT2D eigenvalue weighted by Crippen LogP contribution is -2.91. The number of hydrogen-bond donors (Lipinski definition) is 1. The molecule has 1 fully saturated rings. The first-order chi connectivity index (χ1) is 4.33. The smallest absolute Gasteiger partial charge is 0.169 e. The number of hydrogen-bond acceptors (Lipinski definition) is 2. The fourth-order valence-corrected chi connectivity index (χ4v) is 2.22. The van der Waals surface area contributed by atoms with E-state index >= 15 is 0 Å². The molecule has 1 saturated heterocycles. The fraction of sp³-hybridized carbons (Fsp3) is 0.667. The van der Waals surface area contributed by atoms with Crippen LogP contribution >= 0.6 is 11.8 Å². The van der Waals surface area contributed by atoms with Crippen LogP contribution in [0.3, 0.4) is 0 Å². The van der Waals surface area contributed by atoms with Crippen LogP contribution in [-0.2, 0) is 0 Å². The van der Waals surface area contributed by atoms with Crippen LogP contribution in [0, 0.1) is 18.4 Å². The molecule has 0 saturated carbocycles. The molecule has 0 aliphatic carbocycles. The van der Waals surface area contributed by atoms with Crippen LogP contribution in [0.1, 0.15) is 6.42 Å². The molecular weight excluding hydrogens is 132 g/mol. The molecule has 1 aliphatic rings. The van der Waals surface area contributed by atoms with Gasteiger partial charge < -0.3 is 5.32 Å². The minimum Gasteiger partial charge on any atom is -0.461 e. The molecule has 50 valence electrons. The minimum absolute atomic E-state index is 0.190. The summed E-state index contributed by atoms with van der Waals surface area (Å²) >= 11 is 1.84. The Bertz CT molecular complexity index is 132. The Morgan fingerprint density at radius 3 is 2.78 bits per heavy atom. The van der Waals surface area contributed by atoms with Gasteiger partial charge in [-0.15, -0.1) is 0 Å². The summed E-state index contributed by atoms with van der Waals surface area (Å²) in [5.74, 6) is 2.05. The highest BCUT2D eigenvalue weighted by Gasteiger charge is 2.34. The average Bonchev–Trinajstić information content (AvgIpc) is 2.36. The highest BCUT2D eigenvalue weighted by molar-refractivity contribution is 7.99. The summed E-state index contributed by atoms with van der Waals surface area (Å²) in [5.41, 5.74) is -0.190. The zero-order chi connectivity index (χ0) is 6.74. The Kier molecular flexibility index (Phi) is 1.99. The van der Waals surface area contributed by atoms with E-state index in [0.717, 1.165) is 17.9 Å². The minimum atomic E-state index is -0.190. The van der Waals surface area contributed by atoms with Gasteiger partial charge in [-0.3, -0.25) is 0 Å². The zero-order valence-corrected chi connectivity index (χ0v) is 6.08. The number of nitrogens with zero attached hydrogens (tertiary/aromatic N) is 1. The molecule has 0 aromatic rings. The summed E-state index contributed by atoms with van der Waals surface area (Å²) in [5, 5.41) is 10.5. The molecule has 0 bridgehead atoms. The molecule has 1 aliphatic heterocycles. The van der Waals surface area contributed by atoms with Crippen molar-refractivity contribution in [1.82, 2.24) is 0 Å². The Morgan fingerprint density at radius 2 is 2.56 bits per heavy atom. The molecule has 3 heteroatoms. The van der Waals surface area contributed by atoms with Gasteiger partial charge >= 0.3 is 0 Å². The van der Waals surface area contributed by atoms with Gasteiger partial charge in [-0.2, -0.15) is 24.1 Å². The standard InChI is InChI=1S/C6H10N2S/c1-8-6(4-7)2-3-9-5-6/h1-3,5,8H2. The number of nitriles is 1. The Morgan fingerprint density at radius 1 is 1.78 bits per heavy atom. The first kappa shape index (κ1) is 6.91. The summed E-state index contributed by atoms with van der Waals surface area (Å²) < 4.78 is 0. The van der Waals surface area contributed by atoms with Crippen LogP contribution in [-0.4, -0.2) is 17.0 Å². The van der Waals surface area contributed by atoms with Crippen molar-refractivity contribution in [2.45, 2.75) is 12.0 Å². The van der Waals surface area contributed by atoms with Crippen LogP contribution in [0.2, 0.25) is 0 Å². The molecular formula is C6H10N2S. The third kappa shape index (κ3) is 1.20. The van der Waals surface area contributed by atoms with E-state index in [1.807, 2.05) is 11.8 Å². The Labute approximate surface area is 59.6 Å². The second kappa shape index (κ2) is 2.59. The molecule has 0 aromatic carbocycles. The van der Waals surface area contributed by atoms with E-state index in [0.29, 0.717) is 0 Å². The molecule has 2 nitrogen and oxygen atoms in total. The van der Waals surface area contributed by atoms with Crippen molar-refractivity contribution >= 4 is 11.8 Å². The van der Waals surface area contributed by atoms with Crippen LogP contribution in [0.15, 0.2) is 0 Å². The lowest BCUT2D eigenvalue weighted by Gasteiger charge is -2.17. The maximum Gasteiger partial charge on any atom is 0.169 e. The highest BCUT2D eigenvalue weighted by atomic mass is 32.2. The van der Waals surface area contributed by atoms with Gasteiger partial charge in [0.15, 0.2) is 5.54 Å². The average molecular weight is 142 g/mol. The van der Waals surface area contributed by atoms with E-state index in [1.165, 1.54) is 0 Å². The topological polar surface area (TPSA) is 40.4 Å². The normalized spacial score (nSPS) is 34.2. The largest absolute Gasteiger partial charge is 0.461 e. The molecule has 1 atom stereocenters. The summed E-state index contributed by atoms with van der Waals surface area (Å²) in [6.07, 6.45) is 0.984. The lowest BCUT2D eigenvalue weighted by molar-refractivity contribution is -0.654. The van der Waals surface area contributed by atoms with E-state index in [1.54, 1.807) is 5.32 Å². The van der Waals surface area contributed by atoms with Gasteiger partial charge in [0.2, 0.25) is 0 Å². The predicted molar refractivity (Wildman–Crippen MR) is 37.6 cm³/mol. The third-order valence-electron chi connectivity index (χ3n) is 1.67. The second-order valence-electron chi connectivity index (χ2n) is 2.27. The molecule has 1 rings (SSSR count). The Hall–Kier alpha value is -0.200. The predicted octanol–water partition coefficient (Wildman–Crippen LogP) is -0.259. The van der Waals surface area contributed by atoms with Crippen molar-refractivity contribution in [3.05, 3.63) is 7.05 Å². The molecule has 0 spiro atoms. The maximum atomic E-state index is 8.68. The van der Waals surface area contributed by atoms with E-state index in [-0.39, 0.29) is 5.54 Å². The van der Waals surface area contributed by atoms with Crippen LogP contribution < -0.4 is 5.32 Å². The summed E-state index contributed by atoms with van der Waals surface area (Å²) in [4.78, 5) is 0. The SMILES string of the molecule is [CH2-][NH2+]C1(C#N)CCSC1. The lowest BCUT2D eigenvalue weighted by atomic mass is 10.0. The van der Waals surface area contributed by atoms with Crippen LogP contribution in [0.25, 0.3) is 0 Å². The van der Waals surface area contributed by atoms with Gasteiger partial charge in [0, 0.05) is 12.2 Å². The van der Waals surface area contributed by atoms with Crippen LogP contribution in [0.5, 0.6) is 0 Å². The second-order valence-corrected chi connectivity index (χ2v) is 3.38. The zero-order valence-electron chi connectivity index (χ0n) is 5.26. The van der Waals surface area contributed by atoms with Crippen molar-refractivity contribution in [2.24, 2.45) is 0 Å². The van der Waals surface area contributed by atoms with Crippen molar-refractivity contribution in [3.8, 4) is 6.07 Å². The summed E-state index contributed by atoms with van der Waals surface area (Å²) in [7, 11) is 3.65. The molecule has 9 heavy (non-hydrogen) atoms. The summed E-state index contributed by atoms with van der Waals surface area (Å²) in [6.45, 7) is 0. The van der Waals surface area contributed by atoms with E-state index in [9.17, 15) is 0 Å². The highest BCUT2D eigenvalue weighted by Crippen LogP contribution is 2.23. The summed E-state index contributed by atoms with van der Waals surface area (Å²) in [6, 6.07) is 2.29. The van der Waals surface area contributed by atoms with Gasteiger partial charge in [0.25, 0.3) is 0 Å². The molecule has 0 aromatic heterocycles. The van der Waals surface area contributed by atoms with Gasteiger partial charge in [-0.1, -0.05) is 0 Å². The molecule has 1 heterocycles. The quantitative estimate of drug-likeness (QED) is 0.512. The van der Waals surface area contributed by atoms with Crippen LogP contribution in [0.4, 0.5) is 0 Å². The van der Waals surface area contributed by atoms with Gasteiger partial charge in [-0.05, 0) is 0 Å². The van der Waals surface area contributed by atoms with Gasteiger partial charge in [0.1, 0.15) is 6.07 Å². The molecule has 1 unspecified atom stereocenters. The number of quaternary nitrogens is 1. The van der Waals surface area contributed by atoms with Crippen molar-refractivity contribution in [3.63, 3.8) is 0 Å². The third-order valence-corrected chi connectivity index (χ3v) is 2.88. The number of thioether (sulfide) groups is 1. The van der Waals surface area contributed by atoms with Gasteiger partial charge in [-0.25, -0.2) is 0 Å². The molecule has 2 N–H and O–H groups in total. The monoisotopic (exact) mass is 142 g/mol. The Balaban J connectivity index is 2.59. The van der Waals surface area contributed by atoms with E-state index < -0.39 is 0 Å². The number of nitrogens with two attached hydrogens (primary N) is 1. The van der Waals surface area contributed by atoms with E-state index in [2.05, 4.69) is 13.1 Å². The number of rotatable bonds is 1. The fourth-order valence-electron chi connectivity index (χ4n) is 0.876. The van der Waals surface area contributed by atoms with Gasteiger partial charge in [0.05, 0.1) is 5.75 Å². The molecule has 0 radical (unpaired) electrons. The first-order valence-corrected chi connectivity index (χ1v) is 4.11. The maximum absolute atomic E-state index is 8.68. The van der Waals surface area contributed by atoms with Crippen molar-refractivity contribution in [1.29, 1.82) is 5.26 Å². The van der Waals surface area contributed by atoms with Crippen molar-refractivity contribution < 1.29 is 5.32 Å². The first-order valence-electron chi connectivity index (χ1n) is 2.95. The molecule has 0 amide bonds. The van der Waals surface area contributed by atoms with Crippen molar-refractivity contribution in [2.75, 3.05) is 11.5 Å². The van der Waals surface area contributed by atoms with E-state index in [4.69, 9.17) is 5.26 Å².